The molecule has 0 aromatic rings. The number of aliphatic hydroxyl groups is 1. The molecule has 0 aliphatic carbocycles. The van der Waals surface area contributed by atoms with Crippen LogP contribution in [0.2, 0.25) is 0 Å². The number of ether oxygens (including phenoxy) is 2. The van der Waals surface area contributed by atoms with E-state index in [2.05, 4.69) is 9.47 Å². The van der Waals surface area contributed by atoms with Gasteiger partial charge in [-0.25, -0.2) is 9.59 Å². The van der Waals surface area contributed by atoms with Crippen molar-refractivity contribution in [2.24, 2.45) is 0 Å². The van der Waals surface area contributed by atoms with Crippen LogP contribution < -0.4 is 0 Å². The van der Waals surface area contributed by atoms with Gasteiger partial charge in [-0.2, -0.15) is 0 Å². The number of halogens is 6. The fourth-order valence-corrected chi connectivity index (χ4v) is 0.890. The molecule has 0 bridgehead atoms. The number of carbonyl (C=O) groups excluding carboxylic acids is 2. The summed E-state index contributed by atoms with van der Waals surface area (Å²) in [6.07, 6.45) is -1.25. The zero-order valence-electron chi connectivity index (χ0n) is 8.34. The van der Waals surface area contributed by atoms with Crippen molar-refractivity contribution >= 4 is 81.5 Å². The van der Waals surface area contributed by atoms with E-state index in [-0.39, 0.29) is 0 Å². The molecule has 106 valence electrons. The van der Waals surface area contributed by atoms with Crippen molar-refractivity contribution in [3.05, 3.63) is 0 Å². The van der Waals surface area contributed by atoms with Crippen molar-refractivity contribution in [2.75, 3.05) is 13.2 Å². The van der Waals surface area contributed by atoms with Gasteiger partial charge in [0.05, 0.1) is 6.61 Å². The van der Waals surface area contributed by atoms with E-state index in [1.54, 1.807) is 0 Å². The van der Waals surface area contributed by atoms with Gasteiger partial charge in [0.15, 0.2) is 6.10 Å². The van der Waals surface area contributed by atoms with Crippen molar-refractivity contribution in [3.8, 4) is 0 Å². The predicted molar refractivity (Wildman–Crippen MR) is 68.5 cm³/mol. The third-order valence-electron chi connectivity index (χ3n) is 1.34. The van der Waals surface area contributed by atoms with Gasteiger partial charge in [0.25, 0.3) is 7.59 Å². The molecular weight excluding hydrogens is 377 g/mol. The van der Waals surface area contributed by atoms with Gasteiger partial charge in [-0.3, -0.25) is 0 Å². The maximum absolute atomic E-state index is 11.1. The van der Waals surface area contributed by atoms with Crippen LogP contribution in [0.1, 0.15) is 0 Å². The smallest absolute Gasteiger partial charge is 0.359 e. The summed E-state index contributed by atoms with van der Waals surface area (Å²) >= 11 is 31.3. The molecule has 0 radical (unpaired) electrons. The first-order chi connectivity index (χ1) is 7.98. The first-order valence-corrected chi connectivity index (χ1v) is 6.38. The second-order valence-corrected chi connectivity index (χ2v) is 7.37. The molecule has 0 aliphatic heterocycles. The van der Waals surface area contributed by atoms with Crippen molar-refractivity contribution in [1.82, 2.24) is 0 Å². The van der Waals surface area contributed by atoms with Crippen LogP contribution in [0.25, 0.3) is 0 Å². The Labute approximate surface area is 132 Å². The molecule has 1 N–H and O–H groups in total. The summed E-state index contributed by atoms with van der Waals surface area (Å²) in [4.78, 5) is 22.2. The Hall–Kier alpha value is 0.640. The van der Waals surface area contributed by atoms with Crippen LogP contribution in [-0.4, -0.2) is 43.9 Å². The largest absolute Gasteiger partial charge is 0.458 e. The number of aliphatic hydroxyl groups excluding tert-OH is 1. The van der Waals surface area contributed by atoms with Crippen molar-refractivity contribution in [1.29, 1.82) is 0 Å². The Balaban J connectivity index is 4.30. The third-order valence-corrected chi connectivity index (χ3v) is 2.27. The van der Waals surface area contributed by atoms with E-state index in [9.17, 15) is 9.59 Å². The van der Waals surface area contributed by atoms with Crippen molar-refractivity contribution in [2.45, 2.75) is 13.7 Å². The van der Waals surface area contributed by atoms with Gasteiger partial charge in [0, 0.05) is 0 Å². The Bertz CT molecular complexity index is 308. The summed E-state index contributed by atoms with van der Waals surface area (Å²) in [7, 11) is 0. The number of hydrogen-bond acceptors (Lipinski definition) is 5. The zero-order valence-corrected chi connectivity index (χ0v) is 12.9. The van der Waals surface area contributed by atoms with E-state index in [0.717, 1.165) is 0 Å². The summed E-state index contributed by atoms with van der Waals surface area (Å²) in [5.41, 5.74) is 0. The van der Waals surface area contributed by atoms with Gasteiger partial charge in [0.2, 0.25) is 0 Å². The first kappa shape index (κ1) is 18.6. The van der Waals surface area contributed by atoms with E-state index in [1.807, 2.05) is 0 Å². The molecule has 0 amide bonds. The molecule has 0 rings (SSSR count). The molecule has 0 fully saturated rings. The van der Waals surface area contributed by atoms with Gasteiger partial charge in [-0.05, 0) is 0 Å². The molecule has 11 heteroatoms. The lowest BCUT2D eigenvalue weighted by atomic mass is 10.4. The van der Waals surface area contributed by atoms with E-state index >= 15 is 0 Å². The van der Waals surface area contributed by atoms with Gasteiger partial charge >= 0.3 is 11.9 Å². The fraction of sp³-hybridized carbons (Fsp3) is 0.714. The van der Waals surface area contributed by atoms with Crippen LogP contribution in [-0.2, 0) is 19.1 Å². The van der Waals surface area contributed by atoms with E-state index in [0.29, 0.717) is 0 Å². The van der Waals surface area contributed by atoms with Gasteiger partial charge < -0.3 is 14.6 Å². The quantitative estimate of drug-likeness (QED) is 0.596. The standard InChI is InChI=1S/C7H6Cl6O5/c8-6(9,10)4(15)17-2-3(1-14)18-5(16)7(11,12)13/h3,14H,1-2H2. The lowest BCUT2D eigenvalue weighted by Gasteiger charge is -2.19. The Morgan fingerprint density at radius 3 is 1.78 bits per heavy atom. The summed E-state index contributed by atoms with van der Waals surface area (Å²) in [6, 6.07) is 0. The van der Waals surface area contributed by atoms with Crippen molar-refractivity contribution < 1.29 is 24.2 Å². The van der Waals surface area contributed by atoms with Crippen molar-refractivity contribution in [3.63, 3.8) is 0 Å². The van der Waals surface area contributed by atoms with Crippen LogP contribution in [0.5, 0.6) is 0 Å². The first-order valence-electron chi connectivity index (χ1n) is 4.11. The average Bonchev–Trinajstić information content (AvgIpc) is 2.20. The van der Waals surface area contributed by atoms with E-state index in [4.69, 9.17) is 74.7 Å². The van der Waals surface area contributed by atoms with Crippen LogP contribution in [0.3, 0.4) is 0 Å². The zero-order chi connectivity index (χ0) is 14.6. The number of esters is 2. The van der Waals surface area contributed by atoms with Gasteiger partial charge in [0.1, 0.15) is 6.61 Å². The molecule has 0 spiro atoms. The second-order valence-electron chi connectivity index (χ2n) is 2.80. The molecule has 0 saturated heterocycles. The van der Waals surface area contributed by atoms with Crippen LogP contribution in [0, 0.1) is 0 Å². The fourth-order valence-electron chi connectivity index (χ4n) is 0.593. The predicted octanol–water partition coefficient (Wildman–Crippen LogP) is 2.17. The lowest BCUT2D eigenvalue weighted by molar-refractivity contribution is -0.160. The number of carbonyl (C=O) groups is 2. The van der Waals surface area contributed by atoms with E-state index < -0.39 is 38.8 Å². The van der Waals surface area contributed by atoms with Crippen LogP contribution in [0.4, 0.5) is 0 Å². The van der Waals surface area contributed by atoms with Crippen LogP contribution >= 0.6 is 69.6 Å². The summed E-state index contributed by atoms with van der Waals surface area (Å²) in [5, 5.41) is 8.86. The minimum absolute atomic E-state index is 0.560. The number of rotatable bonds is 4. The monoisotopic (exact) mass is 380 g/mol. The summed E-state index contributed by atoms with van der Waals surface area (Å²) in [5.74, 6) is -2.44. The highest BCUT2D eigenvalue weighted by atomic mass is 35.6. The molecule has 0 aromatic heterocycles. The Kier molecular flexibility index (Phi) is 7.69. The van der Waals surface area contributed by atoms with Crippen LogP contribution in [0.15, 0.2) is 0 Å². The summed E-state index contributed by atoms with van der Waals surface area (Å²) < 4.78 is 4.42. The third kappa shape index (κ3) is 7.28. The topological polar surface area (TPSA) is 72.8 Å². The molecular formula is C7H6Cl6O5. The Morgan fingerprint density at radius 1 is 1.00 bits per heavy atom. The molecule has 1 unspecified atom stereocenters. The minimum atomic E-state index is -2.31. The maximum Gasteiger partial charge on any atom is 0.359 e. The van der Waals surface area contributed by atoms with Gasteiger partial charge in [-0.1, -0.05) is 69.6 Å². The van der Waals surface area contributed by atoms with Gasteiger partial charge in [-0.15, -0.1) is 0 Å². The molecule has 18 heavy (non-hydrogen) atoms. The normalized spacial score (nSPS) is 13.9. The SMILES string of the molecule is O=C(OCC(CO)OC(=O)C(Cl)(Cl)Cl)C(Cl)(Cl)Cl. The molecule has 1 atom stereocenters. The molecule has 0 saturated carbocycles. The highest BCUT2D eigenvalue weighted by Gasteiger charge is 2.36. The Morgan fingerprint density at radius 2 is 1.44 bits per heavy atom. The highest BCUT2D eigenvalue weighted by Crippen LogP contribution is 2.29. The number of hydrogen-bond donors (Lipinski definition) is 1. The number of alkyl halides is 6. The molecule has 0 aliphatic rings. The van der Waals surface area contributed by atoms with E-state index in [1.165, 1.54) is 0 Å². The molecule has 5 nitrogen and oxygen atoms in total. The highest BCUT2D eigenvalue weighted by molar-refractivity contribution is 6.76. The summed E-state index contributed by atoms with van der Waals surface area (Å²) in [6.45, 7) is -1.24. The average molecular weight is 383 g/mol. The maximum atomic E-state index is 11.1. The lowest BCUT2D eigenvalue weighted by Crippen LogP contribution is -2.35. The molecule has 0 heterocycles. The second kappa shape index (κ2) is 7.43. The molecule has 0 aromatic carbocycles. The minimum Gasteiger partial charge on any atom is -0.458 e.